The van der Waals surface area contributed by atoms with Gasteiger partial charge in [-0.3, -0.25) is 0 Å². The second-order valence-electron chi connectivity index (χ2n) is 6.15. The van der Waals surface area contributed by atoms with Crippen LogP contribution in [0.4, 0.5) is 5.69 Å². The number of anilines is 1. The van der Waals surface area contributed by atoms with Crippen LogP contribution in [-0.2, 0) is 24.2 Å². The summed E-state index contributed by atoms with van der Waals surface area (Å²) in [6.45, 7) is 4.57. The molecule has 0 bridgehead atoms. The molecular weight excluding hydrogens is 312 g/mol. The summed E-state index contributed by atoms with van der Waals surface area (Å²) in [5.41, 5.74) is 5.50. The van der Waals surface area contributed by atoms with E-state index in [1.165, 1.54) is 22.4 Å². The van der Waals surface area contributed by atoms with Crippen LogP contribution < -0.4 is 10.6 Å². The minimum atomic E-state index is 0. The van der Waals surface area contributed by atoms with Crippen molar-refractivity contribution in [3.8, 4) is 0 Å². The molecule has 2 aromatic rings. The van der Waals surface area contributed by atoms with Crippen molar-refractivity contribution in [3.63, 3.8) is 0 Å². The van der Waals surface area contributed by atoms with Crippen LogP contribution in [0.15, 0.2) is 30.9 Å². The van der Waals surface area contributed by atoms with Crippen molar-refractivity contribution in [2.24, 2.45) is 0 Å². The highest BCUT2D eigenvalue weighted by Gasteiger charge is 2.20. The summed E-state index contributed by atoms with van der Waals surface area (Å²) in [6, 6.07) is 5.09. The van der Waals surface area contributed by atoms with Crippen molar-refractivity contribution < 1.29 is 4.74 Å². The largest absolute Gasteiger partial charge is 0.380 e. The molecule has 0 aliphatic carbocycles. The first-order valence-electron chi connectivity index (χ1n) is 8.04. The number of hydrogen-bond donors (Lipinski definition) is 2. The fourth-order valence-electron chi connectivity index (χ4n) is 3.35. The van der Waals surface area contributed by atoms with Gasteiger partial charge in [0.05, 0.1) is 19.0 Å². The Labute approximate surface area is 142 Å². The van der Waals surface area contributed by atoms with Crippen molar-refractivity contribution in [2.45, 2.75) is 32.0 Å². The van der Waals surface area contributed by atoms with Gasteiger partial charge in [0, 0.05) is 37.8 Å². The van der Waals surface area contributed by atoms with E-state index in [2.05, 4.69) is 32.3 Å². The van der Waals surface area contributed by atoms with E-state index in [4.69, 9.17) is 4.74 Å². The number of nitrogens with zero attached hydrogens (tertiary/aromatic N) is 2. The number of benzene rings is 1. The maximum absolute atomic E-state index is 5.50. The summed E-state index contributed by atoms with van der Waals surface area (Å²) < 4.78 is 7.61. The molecule has 0 amide bonds. The number of aromatic nitrogens is 2. The zero-order valence-corrected chi connectivity index (χ0v) is 13.9. The third-order valence-corrected chi connectivity index (χ3v) is 4.49. The lowest BCUT2D eigenvalue weighted by Gasteiger charge is -2.24. The van der Waals surface area contributed by atoms with Gasteiger partial charge in [-0.25, -0.2) is 4.98 Å². The fourth-order valence-corrected chi connectivity index (χ4v) is 3.35. The van der Waals surface area contributed by atoms with E-state index in [0.29, 0.717) is 6.04 Å². The Morgan fingerprint density at radius 2 is 2.35 bits per heavy atom. The third-order valence-electron chi connectivity index (χ3n) is 4.49. The van der Waals surface area contributed by atoms with Gasteiger partial charge in [-0.15, -0.1) is 12.4 Å². The first-order chi connectivity index (χ1) is 10.9. The molecular formula is C17H23ClN4O. The number of nitrogens with one attached hydrogen (secondary N) is 2. The summed E-state index contributed by atoms with van der Waals surface area (Å²) in [5.74, 6) is 0. The molecule has 1 aromatic heterocycles. The molecule has 0 radical (unpaired) electrons. The molecule has 2 aliphatic heterocycles. The van der Waals surface area contributed by atoms with E-state index in [9.17, 15) is 0 Å². The van der Waals surface area contributed by atoms with Crippen molar-refractivity contribution in [1.29, 1.82) is 0 Å². The van der Waals surface area contributed by atoms with Crippen LogP contribution in [-0.4, -0.2) is 35.4 Å². The van der Waals surface area contributed by atoms with Crippen molar-refractivity contribution >= 4 is 18.1 Å². The van der Waals surface area contributed by atoms with Crippen LogP contribution in [0.1, 0.15) is 23.1 Å². The van der Waals surface area contributed by atoms with Crippen molar-refractivity contribution in [2.75, 3.05) is 25.1 Å². The number of fused-ring (bicyclic) bond motifs is 1. The second-order valence-corrected chi connectivity index (χ2v) is 6.15. The smallest absolute Gasteiger partial charge is 0.0949 e. The zero-order chi connectivity index (χ0) is 14.8. The number of rotatable bonds is 4. The highest BCUT2D eigenvalue weighted by atomic mass is 35.5. The van der Waals surface area contributed by atoms with Gasteiger partial charge in [0.15, 0.2) is 0 Å². The lowest BCUT2D eigenvalue weighted by atomic mass is 9.95. The second kappa shape index (κ2) is 7.34. The molecule has 4 rings (SSSR count). The predicted molar refractivity (Wildman–Crippen MR) is 93.3 cm³/mol. The molecule has 1 atom stereocenters. The van der Waals surface area contributed by atoms with Crippen molar-refractivity contribution in [1.82, 2.24) is 14.9 Å². The minimum Gasteiger partial charge on any atom is -0.380 e. The molecule has 3 heterocycles. The summed E-state index contributed by atoms with van der Waals surface area (Å²) in [5, 5.41) is 7.18. The van der Waals surface area contributed by atoms with E-state index in [1.54, 1.807) is 0 Å². The first kappa shape index (κ1) is 16.3. The van der Waals surface area contributed by atoms with Crippen LogP contribution in [0.5, 0.6) is 0 Å². The number of halogens is 1. The summed E-state index contributed by atoms with van der Waals surface area (Å²) in [7, 11) is 0. The van der Waals surface area contributed by atoms with Crippen LogP contribution in [0.3, 0.4) is 0 Å². The monoisotopic (exact) mass is 334 g/mol. The number of ether oxygens (including phenoxy) is 1. The molecule has 5 nitrogen and oxygen atoms in total. The molecule has 0 unspecified atom stereocenters. The zero-order valence-electron chi connectivity index (χ0n) is 13.1. The van der Waals surface area contributed by atoms with Gasteiger partial charge < -0.3 is 19.9 Å². The Hall–Kier alpha value is -1.56. The average Bonchev–Trinajstić information content (AvgIpc) is 3.21. The average molecular weight is 335 g/mol. The minimum absolute atomic E-state index is 0. The highest BCUT2D eigenvalue weighted by molar-refractivity contribution is 5.85. The SMILES string of the molecule is Cl.c1cn(Cc2cc3c(c(N[C@H]4CCOC4)c2)CNCC3)cn1. The molecule has 2 aliphatic rings. The summed E-state index contributed by atoms with van der Waals surface area (Å²) in [4.78, 5) is 4.13. The van der Waals surface area contributed by atoms with Gasteiger partial charge in [0.2, 0.25) is 0 Å². The Morgan fingerprint density at radius 1 is 1.39 bits per heavy atom. The number of imidazole rings is 1. The Morgan fingerprint density at radius 3 is 3.13 bits per heavy atom. The Kier molecular flexibility index (Phi) is 5.20. The van der Waals surface area contributed by atoms with E-state index < -0.39 is 0 Å². The molecule has 23 heavy (non-hydrogen) atoms. The standard InChI is InChI=1S/C17H22N4O.ClH/c1-3-18-9-16-14(1)7-13(10-21-5-4-19-12-21)8-17(16)20-15-2-6-22-11-15;/h4-5,7-8,12,15,18,20H,1-3,6,9-11H2;1H/t15-;/m0./s1. The van der Waals surface area contributed by atoms with E-state index in [0.717, 1.165) is 45.7 Å². The lowest BCUT2D eigenvalue weighted by molar-refractivity contribution is 0.195. The van der Waals surface area contributed by atoms with Gasteiger partial charge in [0.1, 0.15) is 0 Å². The molecule has 1 saturated heterocycles. The maximum atomic E-state index is 5.50. The quantitative estimate of drug-likeness (QED) is 0.900. The normalized spacial score (nSPS) is 19.9. The van der Waals surface area contributed by atoms with Gasteiger partial charge in [-0.05, 0) is 42.1 Å². The van der Waals surface area contributed by atoms with Gasteiger partial charge in [-0.2, -0.15) is 0 Å². The molecule has 2 N–H and O–H groups in total. The summed E-state index contributed by atoms with van der Waals surface area (Å²) in [6.07, 6.45) is 7.91. The van der Waals surface area contributed by atoms with Crippen LogP contribution in [0.25, 0.3) is 0 Å². The number of hydrogen-bond acceptors (Lipinski definition) is 4. The highest BCUT2D eigenvalue weighted by Crippen LogP contribution is 2.27. The molecule has 1 fully saturated rings. The summed E-state index contributed by atoms with van der Waals surface area (Å²) >= 11 is 0. The lowest BCUT2D eigenvalue weighted by Crippen LogP contribution is -2.27. The third kappa shape index (κ3) is 3.68. The van der Waals surface area contributed by atoms with Crippen LogP contribution >= 0.6 is 12.4 Å². The predicted octanol–water partition coefficient (Wildman–Crippen LogP) is 2.20. The van der Waals surface area contributed by atoms with Gasteiger partial charge in [-0.1, -0.05) is 6.07 Å². The van der Waals surface area contributed by atoms with Gasteiger partial charge >= 0.3 is 0 Å². The van der Waals surface area contributed by atoms with E-state index in [-0.39, 0.29) is 12.4 Å². The topological polar surface area (TPSA) is 51.1 Å². The molecule has 1 aromatic carbocycles. The molecule has 0 saturated carbocycles. The van der Waals surface area contributed by atoms with Crippen LogP contribution in [0, 0.1) is 0 Å². The van der Waals surface area contributed by atoms with Gasteiger partial charge in [0.25, 0.3) is 0 Å². The van der Waals surface area contributed by atoms with E-state index >= 15 is 0 Å². The Bertz CT molecular complexity index is 638. The Balaban J connectivity index is 0.00000156. The molecule has 124 valence electrons. The maximum Gasteiger partial charge on any atom is 0.0949 e. The fraction of sp³-hybridized carbons (Fsp3) is 0.471. The van der Waals surface area contributed by atoms with Crippen molar-refractivity contribution in [3.05, 3.63) is 47.5 Å². The molecule has 6 heteroatoms. The van der Waals surface area contributed by atoms with E-state index in [1.807, 2.05) is 18.7 Å². The van der Waals surface area contributed by atoms with Crippen LogP contribution in [0.2, 0.25) is 0 Å². The molecule has 0 spiro atoms. The first-order valence-corrected chi connectivity index (χ1v) is 8.04.